The molecule has 0 aromatic carbocycles. The van der Waals surface area contributed by atoms with Gasteiger partial charge in [-0.1, -0.05) is 25.3 Å². The first-order valence-corrected chi connectivity index (χ1v) is 10.4. The number of hydrogen-bond acceptors (Lipinski definition) is 5. The van der Waals surface area contributed by atoms with Crippen LogP contribution in [0.1, 0.15) is 30.5 Å². The van der Waals surface area contributed by atoms with E-state index in [2.05, 4.69) is 70.7 Å². The summed E-state index contributed by atoms with van der Waals surface area (Å²) in [4.78, 5) is 16.0. The van der Waals surface area contributed by atoms with Gasteiger partial charge in [0, 0.05) is 48.5 Å². The summed E-state index contributed by atoms with van der Waals surface area (Å²) in [6.07, 6.45) is 9.36. The standard InChI is InChI=1S/C25H25N5/c1-16(28-24-11-8-18-5-4-12-26-25(18)29-24)20-7-10-23(27-14-20)19-6-9-22-17(2)30(3)15-21(22)13-19/h5,7-8,10-11,13-14H,1-2,4,6,9,12,15H2,3H3,(H,26,28,29). The molecule has 2 aromatic heterocycles. The molecule has 3 aliphatic rings. The van der Waals surface area contributed by atoms with Gasteiger partial charge in [-0.2, -0.15) is 0 Å². The Bertz CT molecular complexity index is 1230. The van der Waals surface area contributed by atoms with Gasteiger partial charge in [0.25, 0.3) is 0 Å². The zero-order valence-corrected chi connectivity index (χ0v) is 17.3. The third-order valence-corrected chi connectivity index (χ3v) is 5.98. The molecule has 0 atom stereocenters. The van der Waals surface area contributed by atoms with Crippen LogP contribution in [0, 0.1) is 0 Å². The van der Waals surface area contributed by atoms with Gasteiger partial charge < -0.3 is 10.2 Å². The summed E-state index contributed by atoms with van der Waals surface area (Å²) in [5.74, 6) is 0.752. The van der Waals surface area contributed by atoms with E-state index in [0.717, 1.165) is 71.5 Å². The molecular formula is C25H25N5. The Kier molecular flexibility index (Phi) is 4.58. The number of fused-ring (bicyclic) bond motifs is 1. The van der Waals surface area contributed by atoms with Gasteiger partial charge in [0.05, 0.1) is 5.69 Å². The van der Waals surface area contributed by atoms with Crippen LogP contribution < -0.4 is 16.0 Å². The highest BCUT2D eigenvalue weighted by Crippen LogP contribution is 2.37. The molecule has 0 amide bonds. The highest BCUT2D eigenvalue weighted by atomic mass is 15.1. The first-order chi connectivity index (χ1) is 14.6. The molecule has 0 saturated carbocycles. The maximum Gasteiger partial charge on any atom is 0.156 e. The van der Waals surface area contributed by atoms with Gasteiger partial charge in [-0.3, -0.25) is 9.98 Å². The lowest BCUT2D eigenvalue weighted by atomic mass is 9.91. The van der Waals surface area contributed by atoms with Gasteiger partial charge in [0.2, 0.25) is 0 Å². The average molecular weight is 396 g/mol. The Morgan fingerprint density at radius 3 is 2.90 bits per heavy atom. The summed E-state index contributed by atoms with van der Waals surface area (Å²) in [5, 5.41) is 4.39. The summed E-state index contributed by atoms with van der Waals surface area (Å²) < 4.78 is 0. The molecule has 0 spiro atoms. The van der Waals surface area contributed by atoms with E-state index in [0.29, 0.717) is 0 Å². The van der Waals surface area contributed by atoms with Gasteiger partial charge in [-0.15, -0.1) is 0 Å². The number of hydrogen-bond donors (Lipinski definition) is 1. The van der Waals surface area contributed by atoms with E-state index in [4.69, 9.17) is 4.98 Å². The highest BCUT2D eigenvalue weighted by Gasteiger charge is 2.25. The van der Waals surface area contributed by atoms with Crippen molar-refractivity contribution in [2.75, 3.05) is 25.5 Å². The smallest absolute Gasteiger partial charge is 0.156 e. The molecule has 0 bridgehead atoms. The lowest BCUT2D eigenvalue weighted by Crippen LogP contribution is -2.31. The Labute approximate surface area is 176 Å². The monoisotopic (exact) mass is 395 g/mol. The van der Waals surface area contributed by atoms with Crippen LogP contribution in [0.25, 0.3) is 17.3 Å². The molecule has 4 heterocycles. The van der Waals surface area contributed by atoms with Crippen LogP contribution >= 0.6 is 0 Å². The van der Waals surface area contributed by atoms with E-state index in [1.165, 1.54) is 16.7 Å². The SMILES string of the molecule is C=C(Nc1ccc2c(n1)=NCCC=2)c1ccc(C2=CC3=C(CC2)C(=C)N(C)C3)nc1. The van der Waals surface area contributed by atoms with Crippen molar-refractivity contribution in [3.8, 4) is 0 Å². The maximum atomic E-state index is 4.72. The molecule has 5 nitrogen and oxygen atoms in total. The van der Waals surface area contributed by atoms with Crippen molar-refractivity contribution >= 4 is 23.2 Å². The number of aromatic nitrogens is 2. The summed E-state index contributed by atoms with van der Waals surface area (Å²) in [5.41, 5.74) is 8.78. The van der Waals surface area contributed by atoms with Crippen LogP contribution in [0.4, 0.5) is 5.82 Å². The number of pyridine rings is 2. The Balaban J connectivity index is 1.33. The van der Waals surface area contributed by atoms with E-state index in [1.54, 1.807) is 0 Å². The maximum absolute atomic E-state index is 4.72. The fourth-order valence-electron chi connectivity index (χ4n) is 4.24. The highest BCUT2D eigenvalue weighted by molar-refractivity contribution is 5.75. The summed E-state index contributed by atoms with van der Waals surface area (Å²) in [6, 6.07) is 8.17. The molecule has 0 radical (unpaired) electrons. The minimum Gasteiger partial charge on any atom is -0.371 e. The molecule has 2 aromatic rings. The molecule has 0 fully saturated rings. The lowest BCUT2D eigenvalue weighted by Gasteiger charge is -2.16. The number of anilines is 1. The number of nitrogens with zero attached hydrogens (tertiary/aromatic N) is 4. The van der Waals surface area contributed by atoms with Crippen molar-refractivity contribution in [1.29, 1.82) is 0 Å². The zero-order valence-electron chi connectivity index (χ0n) is 17.3. The molecular weight excluding hydrogens is 370 g/mol. The fraction of sp³-hybridized carbons (Fsp3) is 0.240. The number of allylic oxidation sites excluding steroid dienone is 2. The Morgan fingerprint density at radius 2 is 2.07 bits per heavy atom. The number of rotatable bonds is 4. The minimum absolute atomic E-state index is 0.752. The zero-order chi connectivity index (χ0) is 20.7. The van der Waals surface area contributed by atoms with E-state index >= 15 is 0 Å². The average Bonchev–Trinajstić information content (AvgIpc) is 3.06. The largest absolute Gasteiger partial charge is 0.371 e. The van der Waals surface area contributed by atoms with Crippen LogP contribution in [-0.4, -0.2) is 35.0 Å². The molecule has 0 saturated heterocycles. The molecule has 2 aliphatic heterocycles. The van der Waals surface area contributed by atoms with Gasteiger partial charge in [0.1, 0.15) is 5.82 Å². The molecule has 1 aliphatic carbocycles. The molecule has 5 rings (SSSR count). The van der Waals surface area contributed by atoms with Crippen LogP contribution in [0.3, 0.4) is 0 Å². The summed E-state index contributed by atoms with van der Waals surface area (Å²) in [6.45, 7) is 10.1. The Hall–Kier alpha value is -3.47. The van der Waals surface area contributed by atoms with Crippen molar-refractivity contribution in [3.63, 3.8) is 0 Å². The van der Waals surface area contributed by atoms with E-state index in [1.807, 2.05) is 12.3 Å². The number of nitrogens with one attached hydrogen (secondary N) is 1. The van der Waals surface area contributed by atoms with E-state index < -0.39 is 0 Å². The van der Waals surface area contributed by atoms with Crippen LogP contribution in [0.15, 0.2) is 71.5 Å². The summed E-state index contributed by atoms with van der Waals surface area (Å²) >= 11 is 0. The molecule has 0 unspecified atom stereocenters. The Morgan fingerprint density at radius 1 is 1.17 bits per heavy atom. The fourth-order valence-corrected chi connectivity index (χ4v) is 4.24. The van der Waals surface area contributed by atoms with Crippen molar-refractivity contribution in [3.05, 3.63) is 88.5 Å². The first kappa shape index (κ1) is 18.6. The van der Waals surface area contributed by atoms with Crippen molar-refractivity contribution in [2.24, 2.45) is 4.99 Å². The second-order valence-electron chi connectivity index (χ2n) is 8.00. The van der Waals surface area contributed by atoms with Gasteiger partial charge in [-0.05, 0) is 60.2 Å². The number of likely N-dealkylation sites (N-methyl/N-ethyl adjacent to an activating group) is 1. The third kappa shape index (κ3) is 3.36. The van der Waals surface area contributed by atoms with Crippen molar-refractivity contribution in [1.82, 2.24) is 14.9 Å². The third-order valence-electron chi connectivity index (χ3n) is 5.98. The van der Waals surface area contributed by atoms with Crippen LogP contribution in [-0.2, 0) is 0 Å². The normalized spacial score (nSPS) is 17.6. The van der Waals surface area contributed by atoms with E-state index in [-0.39, 0.29) is 0 Å². The van der Waals surface area contributed by atoms with Crippen molar-refractivity contribution in [2.45, 2.75) is 19.3 Å². The van der Waals surface area contributed by atoms with Crippen molar-refractivity contribution < 1.29 is 0 Å². The van der Waals surface area contributed by atoms with Gasteiger partial charge in [-0.25, -0.2) is 4.98 Å². The summed E-state index contributed by atoms with van der Waals surface area (Å²) in [7, 11) is 2.10. The van der Waals surface area contributed by atoms with Crippen LogP contribution in [0.2, 0.25) is 0 Å². The second-order valence-corrected chi connectivity index (χ2v) is 8.00. The molecule has 5 heteroatoms. The lowest BCUT2D eigenvalue weighted by molar-refractivity contribution is 0.493. The molecule has 30 heavy (non-hydrogen) atoms. The topological polar surface area (TPSA) is 53.4 Å². The van der Waals surface area contributed by atoms with Gasteiger partial charge >= 0.3 is 0 Å². The minimum atomic E-state index is 0.752. The molecule has 150 valence electrons. The predicted molar refractivity (Wildman–Crippen MR) is 122 cm³/mol. The van der Waals surface area contributed by atoms with Gasteiger partial charge in [0.15, 0.2) is 5.49 Å². The second kappa shape index (κ2) is 7.41. The predicted octanol–water partition coefficient (Wildman–Crippen LogP) is 3.30. The molecule has 1 N–H and O–H groups in total. The first-order valence-electron chi connectivity index (χ1n) is 10.4. The van der Waals surface area contributed by atoms with Crippen LogP contribution in [0.5, 0.6) is 0 Å². The quantitative estimate of drug-likeness (QED) is 0.863. The van der Waals surface area contributed by atoms with E-state index in [9.17, 15) is 0 Å².